The molecule has 0 aliphatic rings. The van der Waals surface area contributed by atoms with Crippen LogP contribution in [0.4, 0.5) is 8.78 Å². The molecule has 0 spiro atoms. The van der Waals surface area contributed by atoms with Crippen LogP contribution in [0.15, 0.2) is 24.3 Å². The number of thioether (sulfide) groups is 1. The molecular weight excluding hydrogens is 284 g/mol. The van der Waals surface area contributed by atoms with E-state index in [0.717, 1.165) is 5.56 Å². The van der Waals surface area contributed by atoms with Gasteiger partial charge in [0.2, 0.25) is 5.91 Å². The Morgan fingerprint density at radius 2 is 2.10 bits per heavy atom. The van der Waals surface area contributed by atoms with Crippen molar-refractivity contribution in [3.05, 3.63) is 29.8 Å². The average Bonchev–Trinajstić information content (AvgIpc) is 2.32. The van der Waals surface area contributed by atoms with E-state index in [0.29, 0.717) is 12.3 Å². The summed E-state index contributed by atoms with van der Waals surface area (Å²) >= 11 is 1.55. The van der Waals surface area contributed by atoms with E-state index < -0.39 is 6.61 Å². The molecule has 0 aliphatic heterocycles. The van der Waals surface area contributed by atoms with E-state index in [1.54, 1.807) is 23.9 Å². The fourth-order valence-electron chi connectivity index (χ4n) is 1.37. The predicted octanol–water partition coefficient (Wildman–Crippen LogP) is 3.44. The summed E-state index contributed by atoms with van der Waals surface area (Å²) in [5.41, 5.74) is 0.720. The van der Waals surface area contributed by atoms with E-state index in [4.69, 9.17) is 0 Å². The molecule has 0 bridgehead atoms. The molecule has 6 heteroatoms. The summed E-state index contributed by atoms with van der Waals surface area (Å²) in [5.74, 6) is 0.386. The topological polar surface area (TPSA) is 38.3 Å². The van der Waals surface area contributed by atoms with Gasteiger partial charge in [-0.2, -0.15) is 8.78 Å². The second-order valence-electron chi connectivity index (χ2n) is 5.20. The molecule has 0 radical (unpaired) electrons. The molecule has 0 heterocycles. The Hall–Kier alpha value is -1.30. The first-order chi connectivity index (χ1) is 9.26. The lowest BCUT2D eigenvalue weighted by Gasteiger charge is -2.17. The Morgan fingerprint density at radius 3 is 2.70 bits per heavy atom. The van der Waals surface area contributed by atoms with Gasteiger partial charge >= 0.3 is 6.61 Å². The van der Waals surface area contributed by atoms with Gasteiger partial charge in [0.05, 0.1) is 5.75 Å². The molecule has 0 unspecified atom stereocenters. The fourth-order valence-corrected chi connectivity index (χ4v) is 2.03. The number of alkyl halides is 2. The first kappa shape index (κ1) is 16.8. The summed E-state index contributed by atoms with van der Waals surface area (Å²) in [7, 11) is 0. The highest BCUT2D eigenvalue weighted by Gasteiger charge is 2.13. The van der Waals surface area contributed by atoms with Crippen LogP contribution in [0.25, 0.3) is 0 Å². The highest BCUT2D eigenvalue weighted by molar-refractivity contribution is 8.01. The van der Waals surface area contributed by atoms with Crippen LogP contribution in [0.3, 0.4) is 0 Å². The first-order valence-corrected chi connectivity index (χ1v) is 7.19. The molecule has 0 saturated heterocycles. The van der Waals surface area contributed by atoms with Crippen molar-refractivity contribution in [3.8, 4) is 5.75 Å². The van der Waals surface area contributed by atoms with E-state index in [1.807, 2.05) is 20.8 Å². The number of rotatable bonds is 6. The summed E-state index contributed by atoms with van der Waals surface area (Å²) in [4.78, 5) is 11.6. The number of amides is 1. The number of benzene rings is 1. The zero-order valence-corrected chi connectivity index (χ0v) is 12.6. The lowest BCUT2D eigenvalue weighted by Crippen LogP contribution is -2.26. The Kier molecular flexibility index (Phi) is 6.26. The Balaban J connectivity index is 2.43. The van der Waals surface area contributed by atoms with E-state index in [9.17, 15) is 13.6 Å². The van der Waals surface area contributed by atoms with Crippen molar-refractivity contribution in [3.63, 3.8) is 0 Å². The molecule has 0 aliphatic carbocycles. The van der Waals surface area contributed by atoms with Crippen LogP contribution in [0.2, 0.25) is 0 Å². The second-order valence-corrected chi connectivity index (χ2v) is 7.01. The van der Waals surface area contributed by atoms with Crippen LogP contribution >= 0.6 is 11.8 Å². The average molecular weight is 303 g/mol. The second kappa shape index (κ2) is 7.47. The molecular formula is C14H19F2NO2S. The van der Waals surface area contributed by atoms with Crippen LogP contribution in [0.1, 0.15) is 26.3 Å². The SMILES string of the molecule is CC(C)(C)SCC(=O)NCc1cccc(OC(F)F)c1. The van der Waals surface area contributed by atoms with Gasteiger partial charge in [-0.3, -0.25) is 4.79 Å². The number of hydrogen-bond donors (Lipinski definition) is 1. The molecule has 112 valence electrons. The van der Waals surface area contributed by atoms with Crippen LogP contribution in [0.5, 0.6) is 5.75 Å². The molecule has 1 rings (SSSR count). The number of carbonyl (C=O) groups is 1. The van der Waals surface area contributed by atoms with Gasteiger partial charge in [0, 0.05) is 11.3 Å². The Labute approximate surface area is 122 Å². The third-order valence-corrected chi connectivity index (χ3v) is 3.52. The monoisotopic (exact) mass is 303 g/mol. The lowest BCUT2D eigenvalue weighted by atomic mass is 10.2. The van der Waals surface area contributed by atoms with Crippen LogP contribution in [-0.4, -0.2) is 23.0 Å². The van der Waals surface area contributed by atoms with Crippen molar-refractivity contribution in [1.82, 2.24) is 5.32 Å². The highest BCUT2D eigenvalue weighted by atomic mass is 32.2. The highest BCUT2D eigenvalue weighted by Crippen LogP contribution is 2.22. The van der Waals surface area contributed by atoms with E-state index in [1.165, 1.54) is 12.1 Å². The molecule has 1 N–H and O–H groups in total. The Morgan fingerprint density at radius 1 is 1.40 bits per heavy atom. The molecule has 1 aromatic carbocycles. The molecule has 0 aromatic heterocycles. The third kappa shape index (κ3) is 7.33. The zero-order valence-electron chi connectivity index (χ0n) is 11.8. The van der Waals surface area contributed by atoms with E-state index in [2.05, 4.69) is 10.1 Å². The van der Waals surface area contributed by atoms with Crippen molar-refractivity contribution in [2.45, 2.75) is 38.7 Å². The molecule has 0 fully saturated rings. The number of hydrogen-bond acceptors (Lipinski definition) is 3. The Bertz CT molecular complexity index is 447. The molecule has 1 aromatic rings. The van der Waals surface area contributed by atoms with Crippen molar-refractivity contribution in [1.29, 1.82) is 0 Å². The summed E-state index contributed by atoms with van der Waals surface area (Å²) in [6, 6.07) is 6.30. The summed E-state index contributed by atoms with van der Waals surface area (Å²) in [5, 5.41) is 2.75. The minimum atomic E-state index is -2.84. The first-order valence-electron chi connectivity index (χ1n) is 6.21. The minimum Gasteiger partial charge on any atom is -0.435 e. The third-order valence-electron chi connectivity index (χ3n) is 2.25. The van der Waals surface area contributed by atoms with E-state index in [-0.39, 0.29) is 16.4 Å². The number of nitrogens with one attached hydrogen (secondary N) is 1. The maximum atomic E-state index is 12.1. The smallest absolute Gasteiger partial charge is 0.387 e. The van der Waals surface area contributed by atoms with Gasteiger partial charge in [-0.1, -0.05) is 32.9 Å². The number of carbonyl (C=O) groups excluding carboxylic acids is 1. The standard InChI is InChI=1S/C14H19F2NO2S/c1-14(2,3)20-9-12(18)17-8-10-5-4-6-11(7-10)19-13(15)16/h4-7,13H,8-9H2,1-3H3,(H,17,18). The van der Waals surface area contributed by atoms with Crippen molar-refractivity contribution >= 4 is 17.7 Å². The van der Waals surface area contributed by atoms with Crippen molar-refractivity contribution in [2.75, 3.05) is 5.75 Å². The quantitative estimate of drug-likeness (QED) is 0.875. The maximum absolute atomic E-state index is 12.1. The number of ether oxygens (including phenoxy) is 1. The minimum absolute atomic E-state index is 0.0301. The summed E-state index contributed by atoms with van der Waals surface area (Å²) in [6.07, 6.45) is 0. The summed E-state index contributed by atoms with van der Waals surface area (Å²) < 4.78 is 28.5. The van der Waals surface area contributed by atoms with Crippen LogP contribution in [0, 0.1) is 0 Å². The normalized spacial score (nSPS) is 11.5. The molecule has 20 heavy (non-hydrogen) atoms. The van der Waals surface area contributed by atoms with Crippen molar-refractivity contribution in [2.24, 2.45) is 0 Å². The van der Waals surface area contributed by atoms with Crippen LogP contribution < -0.4 is 10.1 Å². The molecule has 0 atom stereocenters. The van der Waals surface area contributed by atoms with E-state index >= 15 is 0 Å². The van der Waals surface area contributed by atoms with Gasteiger partial charge in [-0.25, -0.2) is 0 Å². The van der Waals surface area contributed by atoms with Gasteiger partial charge in [0.25, 0.3) is 0 Å². The largest absolute Gasteiger partial charge is 0.435 e. The van der Waals surface area contributed by atoms with Gasteiger partial charge in [0.15, 0.2) is 0 Å². The lowest BCUT2D eigenvalue weighted by molar-refractivity contribution is -0.118. The van der Waals surface area contributed by atoms with Gasteiger partial charge in [-0.05, 0) is 17.7 Å². The fraction of sp³-hybridized carbons (Fsp3) is 0.500. The predicted molar refractivity (Wildman–Crippen MR) is 77.1 cm³/mol. The summed E-state index contributed by atoms with van der Waals surface area (Å²) in [6.45, 7) is 3.56. The number of halogens is 2. The zero-order chi connectivity index (χ0) is 15.2. The van der Waals surface area contributed by atoms with Gasteiger partial charge < -0.3 is 10.1 Å². The molecule has 3 nitrogen and oxygen atoms in total. The molecule has 0 saturated carbocycles. The van der Waals surface area contributed by atoms with Crippen LogP contribution in [-0.2, 0) is 11.3 Å². The van der Waals surface area contributed by atoms with Gasteiger partial charge in [-0.15, -0.1) is 11.8 Å². The van der Waals surface area contributed by atoms with Crippen molar-refractivity contribution < 1.29 is 18.3 Å². The van der Waals surface area contributed by atoms with Gasteiger partial charge in [0.1, 0.15) is 5.75 Å². The maximum Gasteiger partial charge on any atom is 0.387 e. The molecule has 1 amide bonds.